The van der Waals surface area contributed by atoms with Gasteiger partial charge in [-0.1, -0.05) is 0 Å². The molecule has 0 N–H and O–H groups in total. The Labute approximate surface area is 184 Å². The van der Waals surface area contributed by atoms with Gasteiger partial charge in [0.2, 0.25) is 5.88 Å². The van der Waals surface area contributed by atoms with E-state index in [0.29, 0.717) is 11.4 Å². The lowest BCUT2D eigenvalue weighted by Gasteiger charge is -2.41. The molecule has 1 saturated carbocycles. The van der Waals surface area contributed by atoms with Crippen LogP contribution in [0.4, 0.5) is 4.79 Å². The van der Waals surface area contributed by atoms with Crippen molar-refractivity contribution < 1.29 is 19.0 Å². The smallest absolute Gasteiger partial charge is 0.410 e. The van der Waals surface area contributed by atoms with Gasteiger partial charge in [0.05, 0.1) is 23.8 Å². The molecule has 2 bridgehead atoms. The summed E-state index contributed by atoms with van der Waals surface area (Å²) in [4.78, 5) is 18.8. The predicted octanol–water partition coefficient (Wildman–Crippen LogP) is 4.59. The van der Waals surface area contributed by atoms with E-state index in [0.717, 1.165) is 51.4 Å². The van der Waals surface area contributed by atoms with E-state index >= 15 is 0 Å². The molecule has 0 aromatic carbocycles. The topological polar surface area (TPSA) is 84.7 Å². The van der Waals surface area contributed by atoms with Crippen LogP contribution < -0.4 is 4.74 Å². The maximum Gasteiger partial charge on any atom is 0.410 e. The van der Waals surface area contributed by atoms with E-state index in [4.69, 9.17) is 19.5 Å². The molecule has 1 amide bonds. The number of piperidine rings is 1. The van der Waals surface area contributed by atoms with E-state index in [-0.39, 0.29) is 36.5 Å². The number of aromatic nitrogens is 1. The fraction of sp³-hybridized carbons (Fsp3) is 0.708. The lowest BCUT2D eigenvalue weighted by atomic mass is 9.93. The van der Waals surface area contributed by atoms with Crippen LogP contribution in [0.5, 0.6) is 5.88 Å². The SMILES string of the molecule is CC(C)(C)OC(=O)N1C2CCC1CC(OC1CCC(Oc3cc(C#N)ccn3)CC1)C2. The Hall–Kier alpha value is -2.33. The number of ether oxygens (including phenoxy) is 3. The summed E-state index contributed by atoms with van der Waals surface area (Å²) in [7, 11) is 0. The fourth-order valence-electron chi connectivity index (χ4n) is 5.12. The number of amides is 1. The van der Waals surface area contributed by atoms with Gasteiger partial charge in [0, 0.05) is 24.3 Å². The van der Waals surface area contributed by atoms with Crippen molar-refractivity contribution in [2.24, 2.45) is 0 Å². The van der Waals surface area contributed by atoms with Crippen molar-refractivity contribution in [3.63, 3.8) is 0 Å². The molecule has 2 saturated heterocycles. The average Bonchev–Trinajstić information content (AvgIpc) is 2.99. The minimum absolute atomic E-state index is 0.117. The van der Waals surface area contributed by atoms with Crippen LogP contribution in [0.15, 0.2) is 18.3 Å². The van der Waals surface area contributed by atoms with Crippen molar-refractivity contribution in [3.05, 3.63) is 23.9 Å². The largest absolute Gasteiger partial charge is 0.474 e. The van der Waals surface area contributed by atoms with Crippen molar-refractivity contribution in [2.45, 2.75) is 108 Å². The van der Waals surface area contributed by atoms with Crippen LogP contribution in [-0.2, 0) is 9.47 Å². The fourth-order valence-corrected chi connectivity index (χ4v) is 5.12. The highest BCUT2D eigenvalue weighted by Gasteiger charge is 2.45. The lowest BCUT2D eigenvalue weighted by molar-refractivity contribution is -0.0814. The lowest BCUT2D eigenvalue weighted by Crippen LogP contribution is -2.50. The van der Waals surface area contributed by atoms with Crippen LogP contribution >= 0.6 is 0 Å². The summed E-state index contributed by atoms with van der Waals surface area (Å²) in [5.41, 5.74) is 0.102. The molecule has 2 atom stereocenters. The van der Waals surface area contributed by atoms with E-state index in [2.05, 4.69) is 11.1 Å². The summed E-state index contributed by atoms with van der Waals surface area (Å²) in [6, 6.07) is 5.95. The second-order valence-corrected chi connectivity index (χ2v) is 10.0. The minimum atomic E-state index is -0.462. The average molecular weight is 428 g/mol. The van der Waals surface area contributed by atoms with Gasteiger partial charge in [-0.15, -0.1) is 0 Å². The Morgan fingerprint density at radius 2 is 1.71 bits per heavy atom. The maximum absolute atomic E-state index is 12.6. The molecule has 3 fully saturated rings. The summed E-state index contributed by atoms with van der Waals surface area (Å²) in [6.07, 6.45) is 9.67. The van der Waals surface area contributed by atoms with Crippen molar-refractivity contribution in [3.8, 4) is 11.9 Å². The highest BCUT2D eigenvalue weighted by Crippen LogP contribution is 2.39. The molecule has 3 heterocycles. The van der Waals surface area contributed by atoms with E-state index < -0.39 is 5.60 Å². The molecule has 2 unspecified atom stereocenters. The first-order valence-corrected chi connectivity index (χ1v) is 11.5. The van der Waals surface area contributed by atoms with Crippen LogP contribution in [-0.4, -0.2) is 52.0 Å². The molecule has 0 spiro atoms. The molecule has 7 nitrogen and oxygen atoms in total. The standard InChI is InChI=1S/C24H33N3O4/c1-24(2,3)31-23(28)27-17-4-5-18(27)14-21(13-17)29-19-6-8-20(9-7-19)30-22-12-16(15-25)10-11-26-22/h10-12,17-21H,4-9,13-14H2,1-3H3. The number of fused-ring (bicyclic) bond motifs is 2. The summed E-state index contributed by atoms with van der Waals surface area (Å²) in [5.74, 6) is 0.523. The highest BCUT2D eigenvalue weighted by molar-refractivity contribution is 5.69. The second kappa shape index (κ2) is 9.04. The molecule has 1 aliphatic carbocycles. The molecule has 31 heavy (non-hydrogen) atoms. The van der Waals surface area contributed by atoms with Crippen molar-refractivity contribution >= 4 is 6.09 Å². The first kappa shape index (κ1) is 21.9. The van der Waals surface area contributed by atoms with Crippen LogP contribution in [0, 0.1) is 11.3 Å². The van der Waals surface area contributed by atoms with Crippen LogP contribution in [0.1, 0.15) is 77.7 Å². The minimum Gasteiger partial charge on any atom is -0.474 e. The number of carbonyl (C=O) groups excluding carboxylic acids is 1. The molecule has 1 aromatic heterocycles. The Morgan fingerprint density at radius 1 is 1.06 bits per heavy atom. The Morgan fingerprint density at radius 3 is 2.32 bits per heavy atom. The zero-order valence-electron chi connectivity index (χ0n) is 18.8. The normalized spacial score (nSPS) is 30.5. The second-order valence-electron chi connectivity index (χ2n) is 10.0. The van der Waals surface area contributed by atoms with Crippen molar-refractivity contribution in [1.29, 1.82) is 5.26 Å². The van der Waals surface area contributed by atoms with E-state index in [9.17, 15) is 4.79 Å². The maximum atomic E-state index is 12.6. The van der Waals surface area contributed by atoms with Gasteiger partial charge >= 0.3 is 6.09 Å². The Bertz CT molecular complexity index is 809. The zero-order valence-corrected chi connectivity index (χ0v) is 18.8. The Balaban J connectivity index is 1.24. The summed E-state index contributed by atoms with van der Waals surface area (Å²) < 4.78 is 18.1. The highest BCUT2D eigenvalue weighted by atomic mass is 16.6. The molecule has 7 heteroatoms. The monoisotopic (exact) mass is 427 g/mol. The number of nitriles is 1. The van der Waals surface area contributed by atoms with Gasteiger partial charge in [-0.25, -0.2) is 9.78 Å². The van der Waals surface area contributed by atoms with Gasteiger partial charge in [-0.3, -0.25) is 0 Å². The number of hydrogen-bond donors (Lipinski definition) is 0. The molecule has 168 valence electrons. The van der Waals surface area contributed by atoms with E-state index in [1.54, 1.807) is 18.3 Å². The summed E-state index contributed by atoms with van der Waals surface area (Å²) >= 11 is 0. The van der Waals surface area contributed by atoms with Gasteiger partial charge in [0.25, 0.3) is 0 Å². The number of carbonyl (C=O) groups is 1. The van der Waals surface area contributed by atoms with Gasteiger partial charge in [-0.05, 0) is 78.2 Å². The first-order valence-electron chi connectivity index (χ1n) is 11.5. The van der Waals surface area contributed by atoms with Gasteiger partial charge < -0.3 is 19.1 Å². The third-order valence-electron chi connectivity index (χ3n) is 6.45. The molecule has 3 aliphatic rings. The summed E-state index contributed by atoms with van der Waals surface area (Å²) in [5, 5.41) is 9.02. The van der Waals surface area contributed by atoms with Crippen LogP contribution in [0.2, 0.25) is 0 Å². The molecule has 0 radical (unpaired) electrons. The number of pyridine rings is 1. The number of hydrogen-bond acceptors (Lipinski definition) is 6. The predicted molar refractivity (Wildman–Crippen MR) is 115 cm³/mol. The van der Waals surface area contributed by atoms with Crippen molar-refractivity contribution in [1.82, 2.24) is 9.88 Å². The van der Waals surface area contributed by atoms with Crippen molar-refractivity contribution in [2.75, 3.05) is 0 Å². The molecule has 4 rings (SSSR count). The number of nitrogens with zero attached hydrogens (tertiary/aromatic N) is 3. The first-order chi connectivity index (χ1) is 14.8. The van der Waals surface area contributed by atoms with Gasteiger partial charge in [0.15, 0.2) is 0 Å². The third kappa shape index (κ3) is 5.48. The van der Waals surface area contributed by atoms with E-state index in [1.165, 1.54) is 0 Å². The van der Waals surface area contributed by atoms with E-state index in [1.807, 2.05) is 25.7 Å². The van der Waals surface area contributed by atoms with Gasteiger partial charge in [-0.2, -0.15) is 5.26 Å². The molecular weight excluding hydrogens is 394 g/mol. The molecular formula is C24H33N3O4. The summed E-state index contributed by atoms with van der Waals surface area (Å²) in [6.45, 7) is 5.75. The molecule has 1 aromatic rings. The number of rotatable bonds is 4. The quantitative estimate of drug-likeness (QED) is 0.699. The Kier molecular flexibility index (Phi) is 6.38. The van der Waals surface area contributed by atoms with Gasteiger partial charge in [0.1, 0.15) is 11.7 Å². The van der Waals surface area contributed by atoms with Crippen LogP contribution in [0.25, 0.3) is 0 Å². The zero-order chi connectivity index (χ0) is 22.0. The van der Waals surface area contributed by atoms with Crippen LogP contribution in [0.3, 0.4) is 0 Å². The third-order valence-corrected chi connectivity index (χ3v) is 6.45. The molecule has 2 aliphatic heterocycles.